The highest BCUT2D eigenvalue weighted by atomic mass is 16.5. The molecule has 0 unspecified atom stereocenters. The monoisotopic (exact) mass is 291 g/mol. The Morgan fingerprint density at radius 2 is 2.29 bits per heavy atom. The fraction of sp³-hybridized carbons (Fsp3) is 0.500. The molecule has 1 amide bonds. The van der Waals surface area contributed by atoms with Gasteiger partial charge in [0.15, 0.2) is 0 Å². The van der Waals surface area contributed by atoms with E-state index in [1.165, 1.54) is 0 Å². The molecule has 7 heteroatoms. The smallest absolute Gasteiger partial charge is 0.269 e. The van der Waals surface area contributed by atoms with Gasteiger partial charge in [-0.2, -0.15) is 5.10 Å². The minimum absolute atomic E-state index is 0.138. The molecule has 0 bridgehead atoms. The zero-order chi connectivity index (χ0) is 15.2. The van der Waals surface area contributed by atoms with Crippen LogP contribution in [0.3, 0.4) is 0 Å². The van der Waals surface area contributed by atoms with E-state index in [0.29, 0.717) is 25.4 Å². The van der Waals surface area contributed by atoms with Crippen LogP contribution in [-0.2, 0) is 17.8 Å². The van der Waals surface area contributed by atoms with Crippen molar-refractivity contribution in [3.63, 3.8) is 0 Å². The van der Waals surface area contributed by atoms with E-state index < -0.39 is 0 Å². The van der Waals surface area contributed by atoms with Crippen molar-refractivity contribution in [3.05, 3.63) is 36.2 Å². The molecule has 0 saturated carbocycles. The number of aromatic nitrogens is 4. The van der Waals surface area contributed by atoms with Crippen molar-refractivity contribution in [2.45, 2.75) is 33.0 Å². The SMILES string of the molecule is COCCn1cncc1CNC(=O)c1ccnn1C(C)C. The summed E-state index contributed by atoms with van der Waals surface area (Å²) in [5.74, 6) is -0.138. The van der Waals surface area contributed by atoms with Crippen molar-refractivity contribution in [2.24, 2.45) is 0 Å². The Hall–Kier alpha value is -2.15. The van der Waals surface area contributed by atoms with Crippen molar-refractivity contribution in [2.75, 3.05) is 13.7 Å². The first-order chi connectivity index (χ1) is 10.1. The first-order valence-electron chi connectivity index (χ1n) is 6.93. The standard InChI is InChI=1S/C14H21N5O2/c1-11(2)19-13(4-5-17-19)14(20)16-9-12-8-15-10-18(12)6-7-21-3/h4-5,8,10-11H,6-7,9H2,1-3H3,(H,16,20). The molecule has 2 aromatic rings. The number of imidazole rings is 1. The quantitative estimate of drug-likeness (QED) is 0.833. The van der Waals surface area contributed by atoms with E-state index >= 15 is 0 Å². The lowest BCUT2D eigenvalue weighted by Gasteiger charge is -2.12. The van der Waals surface area contributed by atoms with E-state index in [2.05, 4.69) is 15.4 Å². The maximum absolute atomic E-state index is 12.2. The minimum Gasteiger partial charge on any atom is -0.383 e. The lowest BCUT2D eigenvalue weighted by molar-refractivity contribution is 0.0937. The second kappa shape index (κ2) is 7.03. The predicted molar refractivity (Wildman–Crippen MR) is 77.9 cm³/mol. The molecule has 0 atom stereocenters. The van der Waals surface area contributed by atoms with Gasteiger partial charge in [-0.15, -0.1) is 0 Å². The molecule has 2 rings (SSSR count). The Morgan fingerprint density at radius 1 is 1.48 bits per heavy atom. The van der Waals surface area contributed by atoms with Crippen molar-refractivity contribution in [1.82, 2.24) is 24.6 Å². The largest absolute Gasteiger partial charge is 0.383 e. The number of amides is 1. The highest BCUT2D eigenvalue weighted by Gasteiger charge is 2.14. The summed E-state index contributed by atoms with van der Waals surface area (Å²) in [4.78, 5) is 16.3. The second-order valence-electron chi connectivity index (χ2n) is 5.01. The van der Waals surface area contributed by atoms with Gasteiger partial charge in [0, 0.05) is 32.1 Å². The summed E-state index contributed by atoms with van der Waals surface area (Å²) in [6.45, 7) is 5.72. The van der Waals surface area contributed by atoms with Crippen LogP contribution in [0.5, 0.6) is 0 Å². The molecule has 0 radical (unpaired) electrons. The molecule has 0 aliphatic heterocycles. The average molecular weight is 291 g/mol. The van der Waals surface area contributed by atoms with E-state index in [0.717, 1.165) is 5.69 Å². The number of nitrogens with zero attached hydrogens (tertiary/aromatic N) is 4. The van der Waals surface area contributed by atoms with Crippen LogP contribution >= 0.6 is 0 Å². The Labute approximate surface area is 123 Å². The van der Waals surface area contributed by atoms with E-state index in [1.54, 1.807) is 36.6 Å². The Kier molecular flexibility index (Phi) is 5.10. The van der Waals surface area contributed by atoms with Gasteiger partial charge in [-0.05, 0) is 19.9 Å². The summed E-state index contributed by atoms with van der Waals surface area (Å²) in [7, 11) is 1.66. The van der Waals surface area contributed by atoms with Crippen LogP contribution < -0.4 is 5.32 Å². The zero-order valence-electron chi connectivity index (χ0n) is 12.6. The van der Waals surface area contributed by atoms with Crippen LogP contribution in [0, 0.1) is 0 Å². The van der Waals surface area contributed by atoms with Crippen molar-refractivity contribution in [1.29, 1.82) is 0 Å². The molecule has 2 heterocycles. The number of rotatable bonds is 7. The molecular formula is C14H21N5O2. The van der Waals surface area contributed by atoms with Gasteiger partial charge in [-0.25, -0.2) is 4.98 Å². The van der Waals surface area contributed by atoms with Gasteiger partial charge in [0.1, 0.15) is 5.69 Å². The van der Waals surface area contributed by atoms with Crippen LogP contribution in [0.15, 0.2) is 24.8 Å². The fourth-order valence-electron chi connectivity index (χ4n) is 2.05. The average Bonchev–Trinajstić information content (AvgIpc) is 3.11. The molecular weight excluding hydrogens is 270 g/mol. The molecule has 0 aliphatic carbocycles. The van der Waals surface area contributed by atoms with Crippen LogP contribution in [-0.4, -0.2) is 39.0 Å². The van der Waals surface area contributed by atoms with Crippen LogP contribution in [0.2, 0.25) is 0 Å². The number of hydrogen-bond donors (Lipinski definition) is 1. The first-order valence-corrected chi connectivity index (χ1v) is 6.93. The third kappa shape index (κ3) is 3.69. The van der Waals surface area contributed by atoms with Crippen molar-refractivity contribution < 1.29 is 9.53 Å². The van der Waals surface area contributed by atoms with Gasteiger partial charge in [-0.1, -0.05) is 0 Å². The topological polar surface area (TPSA) is 74.0 Å². The Bertz CT molecular complexity index is 588. The van der Waals surface area contributed by atoms with Gasteiger partial charge in [0.05, 0.1) is 25.2 Å². The maximum atomic E-state index is 12.2. The zero-order valence-corrected chi connectivity index (χ0v) is 12.6. The summed E-state index contributed by atoms with van der Waals surface area (Å²) in [6.07, 6.45) is 5.12. The number of hydrogen-bond acceptors (Lipinski definition) is 4. The summed E-state index contributed by atoms with van der Waals surface area (Å²) in [5, 5.41) is 7.06. The van der Waals surface area contributed by atoms with Gasteiger partial charge < -0.3 is 14.6 Å². The van der Waals surface area contributed by atoms with Gasteiger partial charge >= 0.3 is 0 Å². The lowest BCUT2D eigenvalue weighted by atomic mass is 10.3. The summed E-state index contributed by atoms with van der Waals surface area (Å²) < 4.78 is 8.72. The molecule has 0 aromatic carbocycles. The fourth-order valence-corrected chi connectivity index (χ4v) is 2.05. The lowest BCUT2D eigenvalue weighted by Crippen LogP contribution is -2.27. The number of nitrogens with one attached hydrogen (secondary N) is 1. The highest BCUT2D eigenvalue weighted by molar-refractivity contribution is 5.92. The second-order valence-corrected chi connectivity index (χ2v) is 5.01. The molecule has 1 N–H and O–H groups in total. The minimum atomic E-state index is -0.138. The number of carbonyl (C=O) groups excluding carboxylic acids is 1. The summed E-state index contributed by atoms with van der Waals surface area (Å²) in [6, 6.07) is 1.87. The summed E-state index contributed by atoms with van der Waals surface area (Å²) >= 11 is 0. The third-order valence-electron chi connectivity index (χ3n) is 3.16. The Balaban J connectivity index is 1.98. The van der Waals surface area contributed by atoms with E-state index in [1.807, 2.05) is 18.4 Å². The van der Waals surface area contributed by atoms with Crippen molar-refractivity contribution in [3.8, 4) is 0 Å². The number of ether oxygens (including phenoxy) is 1. The molecule has 0 fully saturated rings. The first kappa shape index (κ1) is 15.2. The summed E-state index contributed by atoms with van der Waals surface area (Å²) in [5.41, 5.74) is 1.50. The van der Waals surface area contributed by atoms with Crippen LogP contribution in [0.1, 0.15) is 36.1 Å². The van der Waals surface area contributed by atoms with Gasteiger partial charge in [0.2, 0.25) is 0 Å². The molecule has 114 valence electrons. The normalized spacial score (nSPS) is 11.0. The Morgan fingerprint density at radius 3 is 3.00 bits per heavy atom. The molecule has 0 saturated heterocycles. The van der Waals surface area contributed by atoms with Crippen LogP contribution in [0.4, 0.5) is 0 Å². The van der Waals surface area contributed by atoms with E-state index in [4.69, 9.17) is 4.74 Å². The third-order valence-corrected chi connectivity index (χ3v) is 3.16. The van der Waals surface area contributed by atoms with E-state index in [9.17, 15) is 4.79 Å². The highest BCUT2D eigenvalue weighted by Crippen LogP contribution is 2.08. The van der Waals surface area contributed by atoms with Gasteiger partial charge in [0.25, 0.3) is 5.91 Å². The van der Waals surface area contributed by atoms with Crippen molar-refractivity contribution >= 4 is 5.91 Å². The molecule has 7 nitrogen and oxygen atoms in total. The maximum Gasteiger partial charge on any atom is 0.269 e. The number of carbonyl (C=O) groups is 1. The van der Waals surface area contributed by atoms with Crippen LogP contribution in [0.25, 0.3) is 0 Å². The van der Waals surface area contributed by atoms with E-state index in [-0.39, 0.29) is 11.9 Å². The predicted octanol–water partition coefficient (Wildman–Crippen LogP) is 1.24. The molecule has 21 heavy (non-hydrogen) atoms. The molecule has 0 aliphatic rings. The molecule has 2 aromatic heterocycles. The number of methoxy groups -OCH3 is 1. The van der Waals surface area contributed by atoms with Gasteiger partial charge in [-0.3, -0.25) is 9.48 Å². The molecule has 0 spiro atoms.